The van der Waals surface area contributed by atoms with Crippen LogP contribution in [0, 0.1) is 17.1 Å². The Morgan fingerprint density at radius 2 is 1.86 bits per heavy atom. The first kappa shape index (κ1) is 15.0. The molecule has 2 N–H and O–H groups in total. The van der Waals surface area contributed by atoms with Crippen LogP contribution in [0.2, 0.25) is 0 Å². The monoisotopic (exact) mass is 283 g/mol. The van der Waals surface area contributed by atoms with E-state index >= 15 is 0 Å². The Labute approximate surface area is 124 Å². The Balaban J connectivity index is 2.14. The average Bonchev–Trinajstić information content (AvgIpc) is 2.49. The highest BCUT2D eigenvalue weighted by Gasteiger charge is 2.09. The number of hydrogen-bond donors (Lipinski definition) is 1. The van der Waals surface area contributed by atoms with Crippen molar-refractivity contribution in [3.8, 4) is 6.07 Å². The van der Waals surface area contributed by atoms with Crippen LogP contribution in [0.25, 0.3) is 0 Å². The molecular formula is C17H18FN3. The summed E-state index contributed by atoms with van der Waals surface area (Å²) in [5.41, 5.74) is 8.79. The van der Waals surface area contributed by atoms with E-state index in [1.165, 1.54) is 18.2 Å². The predicted molar refractivity (Wildman–Crippen MR) is 81.8 cm³/mol. The van der Waals surface area contributed by atoms with Gasteiger partial charge in [-0.1, -0.05) is 19.1 Å². The van der Waals surface area contributed by atoms with Crippen molar-refractivity contribution in [1.29, 1.82) is 5.26 Å². The van der Waals surface area contributed by atoms with Gasteiger partial charge in [0, 0.05) is 18.8 Å². The highest BCUT2D eigenvalue weighted by molar-refractivity contribution is 5.40. The minimum atomic E-state index is -0.312. The third kappa shape index (κ3) is 4.04. The molecule has 0 aliphatic heterocycles. The summed E-state index contributed by atoms with van der Waals surface area (Å²) in [5.74, 6) is -0.312. The lowest BCUT2D eigenvalue weighted by atomic mass is 10.1. The van der Waals surface area contributed by atoms with E-state index in [9.17, 15) is 4.39 Å². The fraction of sp³-hybridized carbons (Fsp3) is 0.235. The first-order chi connectivity index (χ1) is 10.1. The maximum Gasteiger partial charge on any atom is 0.123 e. The molecule has 108 valence electrons. The van der Waals surface area contributed by atoms with Crippen molar-refractivity contribution in [2.24, 2.45) is 0 Å². The van der Waals surface area contributed by atoms with E-state index in [4.69, 9.17) is 11.0 Å². The highest BCUT2D eigenvalue weighted by atomic mass is 19.1. The van der Waals surface area contributed by atoms with Crippen molar-refractivity contribution in [2.45, 2.75) is 20.0 Å². The first-order valence-corrected chi connectivity index (χ1v) is 6.87. The van der Waals surface area contributed by atoms with E-state index in [0.29, 0.717) is 12.1 Å². The van der Waals surface area contributed by atoms with Crippen molar-refractivity contribution in [1.82, 2.24) is 4.90 Å². The summed E-state index contributed by atoms with van der Waals surface area (Å²) < 4.78 is 13.4. The minimum absolute atomic E-state index is 0.312. The van der Waals surface area contributed by atoms with Gasteiger partial charge in [-0.3, -0.25) is 4.90 Å². The summed E-state index contributed by atoms with van der Waals surface area (Å²) >= 11 is 0. The molecule has 21 heavy (non-hydrogen) atoms. The highest BCUT2D eigenvalue weighted by Crippen LogP contribution is 2.15. The van der Waals surface area contributed by atoms with Gasteiger partial charge in [0.25, 0.3) is 0 Å². The van der Waals surface area contributed by atoms with Gasteiger partial charge >= 0.3 is 0 Å². The maximum absolute atomic E-state index is 13.4. The molecule has 0 unspecified atom stereocenters. The fourth-order valence-electron chi connectivity index (χ4n) is 2.20. The summed E-state index contributed by atoms with van der Waals surface area (Å²) in [5, 5.41) is 9.11. The fourth-order valence-corrected chi connectivity index (χ4v) is 2.20. The SMILES string of the molecule is CCN(Cc1ccc(N)cc1)Cc1cc(F)ccc1C#N. The summed E-state index contributed by atoms with van der Waals surface area (Å²) in [6, 6.07) is 14.1. The average molecular weight is 283 g/mol. The number of rotatable bonds is 5. The van der Waals surface area contributed by atoms with Crippen LogP contribution in [0.15, 0.2) is 42.5 Å². The third-order valence-electron chi connectivity index (χ3n) is 3.41. The number of nitrogen functional groups attached to an aromatic ring is 1. The molecule has 3 nitrogen and oxygen atoms in total. The van der Waals surface area contributed by atoms with Crippen LogP contribution < -0.4 is 5.73 Å². The van der Waals surface area contributed by atoms with Gasteiger partial charge in [0.2, 0.25) is 0 Å². The largest absolute Gasteiger partial charge is 0.399 e. The molecule has 0 aromatic heterocycles. The van der Waals surface area contributed by atoms with Gasteiger partial charge in [0.15, 0.2) is 0 Å². The van der Waals surface area contributed by atoms with Crippen LogP contribution in [0.3, 0.4) is 0 Å². The summed E-state index contributed by atoms with van der Waals surface area (Å²) in [6.07, 6.45) is 0. The van der Waals surface area contributed by atoms with Gasteiger partial charge in [-0.15, -0.1) is 0 Å². The lowest BCUT2D eigenvalue weighted by Crippen LogP contribution is -2.23. The van der Waals surface area contributed by atoms with E-state index in [2.05, 4.69) is 11.0 Å². The van der Waals surface area contributed by atoms with Crippen molar-refractivity contribution >= 4 is 5.69 Å². The quantitative estimate of drug-likeness (QED) is 0.857. The molecule has 0 amide bonds. The third-order valence-corrected chi connectivity index (χ3v) is 3.41. The molecule has 0 aliphatic carbocycles. The van der Waals surface area contributed by atoms with Crippen LogP contribution in [-0.2, 0) is 13.1 Å². The Morgan fingerprint density at radius 3 is 2.48 bits per heavy atom. The Bertz CT molecular complexity index is 644. The van der Waals surface area contributed by atoms with Crippen molar-refractivity contribution in [3.05, 3.63) is 65.0 Å². The van der Waals surface area contributed by atoms with Crippen LogP contribution in [-0.4, -0.2) is 11.4 Å². The topological polar surface area (TPSA) is 53.0 Å². The molecule has 4 heteroatoms. The predicted octanol–water partition coefficient (Wildman–Crippen LogP) is 3.30. The van der Waals surface area contributed by atoms with E-state index in [-0.39, 0.29) is 5.82 Å². The van der Waals surface area contributed by atoms with E-state index in [1.54, 1.807) is 0 Å². The normalized spacial score (nSPS) is 10.6. The molecule has 2 aromatic carbocycles. The Hall–Kier alpha value is -2.38. The molecule has 2 rings (SSSR count). The van der Waals surface area contributed by atoms with Crippen molar-refractivity contribution in [3.63, 3.8) is 0 Å². The van der Waals surface area contributed by atoms with E-state index in [0.717, 1.165) is 29.9 Å². The summed E-state index contributed by atoms with van der Waals surface area (Å²) in [4.78, 5) is 2.15. The molecule has 0 saturated heterocycles. The second-order valence-corrected chi connectivity index (χ2v) is 4.96. The molecule has 0 bridgehead atoms. The number of nitriles is 1. The van der Waals surface area contributed by atoms with Gasteiger partial charge in [-0.2, -0.15) is 5.26 Å². The van der Waals surface area contributed by atoms with Gasteiger partial charge in [-0.25, -0.2) is 4.39 Å². The molecule has 0 aliphatic rings. The second kappa shape index (κ2) is 6.87. The zero-order valence-corrected chi connectivity index (χ0v) is 12.0. The molecule has 0 fully saturated rings. The second-order valence-electron chi connectivity index (χ2n) is 4.96. The zero-order valence-electron chi connectivity index (χ0n) is 12.0. The molecule has 0 atom stereocenters. The van der Waals surface area contributed by atoms with Gasteiger partial charge < -0.3 is 5.73 Å². The minimum Gasteiger partial charge on any atom is -0.399 e. The maximum atomic E-state index is 13.4. The number of nitrogens with two attached hydrogens (primary N) is 1. The number of halogens is 1. The smallest absolute Gasteiger partial charge is 0.123 e. The van der Waals surface area contributed by atoms with Gasteiger partial charge in [-0.05, 0) is 48.0 Å². The number of nitrogens with zero attached hydrogens (tertiary/aromatic N) is 2. The van der Waals surface area contributed by atoms with Gasteiger partial charge in [0.05, 0.1) is 11.6 Å². The zero-order chi connectivity index (χ0) is 15.2. The Kier molecular flexibility index (Phi) is 4.91. The summed E-state index contributed by atoms with van der Waals surface area (Å²) in [6.45, 7) is 4.13. The number of hydrogen-bond acceptors (Lipinski definition) is 3. The molecular weight excluding hydrogens is 265 g/mol. The van der Waals surface area contributed by atoms with Crippen LogP contribution in [0.1, 0.15) is 23.6 Å². The molecule has 0 radical (unpaired) electrons. The molecule has 0 heterocycles. The first-order valence-electron chi connectivity index (χ1n) is 6.87. The van der Waals surface area contributed by atoms with Crippen LogP contribution >= 0.6 is 0 Å². The van der Waals surface area contributed by atoms with Gasteiger partial charge in [0.1, 0.15) is 5.82 Å². The molecule has 0 spiro atoms. The van der Waals surface area contributed by atoms with Crippen LogP contribution in [0.5, 0.6) is 0 Å². The Morgan fingerprint density at radius 1 is 1.14 bits per heavy atom. The lowest BCUT2D eigenvalue weighted by Gasteiger charge is -2.21. The molecule has 0 saturated carbocycles. The standard InChI is InChI=1S/C17H18FN3/c1-2-21(11-13-3-7-17(20)8-4-13)12-15-9-16(18)6-5-14(15)10-19/h3-9H,2,11-12,20H2,1H3. The summed E-state index contributed by atoms with van der Waals surface area (Å²) in [7, 11) is 0. The van der Waals surface area contributed by atoms with Crippen molar-refractivity contribution < 1.29 is 4.39 Å². The number of benzene rings is 2. The van der Waals surface area contributed by atoms with Crippen LogP contribution in [0.4, 0.5) is 10.1 Å². The lowest BCUT2D eigenvalue weighted by molar-refractivity contribution is 0.271. The van der Waals surface area contributed by atoms with E-state index < -0.39 is 0 Å². The number of anilines is 1. The molecule has 2 aromatic rings. The van der Waals surface area contributed by atoms with E-state index in [1.807, 2.05) is 31.2 Å². The van der Waals surface area contributed by atoms with Crippen molar-refractivity contribution in [2.75, 3.05) is 12.3 Å².